The summed E-state index contributed by atoms with van der Waals surface area (Å²) in [6.45, 7) is 6.40. The Morgan fingerprint density at radius 1 is 1.16 bits per heavy atom. The molecular formula is C16H28N2O. The second-order valence-corrected chi connectivity index (χ2v) is 5.31. The van der Waals surface area contributed by atoms with Gasteiger partial charge >= 0.3 is 0 Å². The SMILES string of the molecule is CCCCCCCC(CC)c1nc(C)cnc1CO. The molecule has 0 saturated carbocycles. The van der Waals surface area contributed by atoms with Crippen molar-refractivity contribution in [3.8, 4) is 0 Å². The van der Waals surface area contributed by atoms with Gasteiger partial charge in [-0.15, -0.1) is 0 Å². The normalized spacial score (nSPS) is 12.6. The molecule has 1 N–H and O–H groups in total. The molecular weight excluding hydrogens is 236 g/mol. The Hall–Kier alpha value is -0.960. The lowest BCUT2D eigenvalue weighted by molar-refractivity contribution is 0.273. The molecule has 108 valence electrons. The summed E-state index contributed by atoms with van der Waals surface area (Å²) in [5, 5.41) is 9.39. The van der Waals surface area contributed by atoms with Crippen molar-refractivity contribution >= 4 is 0 Å². The summed E-state index contributed by atoms with van der Waals surface area (Å²) in [7, 11) is 0. The minimum atomic E-state index is -0.00501. The standard InChI is InChI=1S/C16H28N2O/c1-4-6-7-8-9-10-14(5-2)16-15(12-19)17-11-13(3)18-16/h11,14,19H,4-10,12H2,1-3H3. The maximum absolute atomic E-state index is 9.39. The van der Waals surface area contributed by atoms with Crippen LogP contribution in [0.5, 0.6) is 0 Å². The first-order chi connectivity index (χ1) is 9.22. The maximum Gasteiger partial charge on any atom is 0.0876 e. The molecule has 0 saturated heterocycles. The average Bonchev–Trinajstić information content (AvgIpc) is 2.43. The fourth-order valence-electron chi connectivity index (χ4n) is 2.50. The van der Waals surface area contributed by atoms with E-state index in [0.29, 0.717) is 5.92 Å². The van der Waals surface area contributed by atoms with E-state index in [1.54, 1.807) is 6.20 Å². The van der Waals surface area contributed by atoms with Crippen molar-refractivity contribution in [3.05, 3.63) is 23.3 Å². The molecule has 1 heterocycles. The number of aromatic nitrogens is 2. The van der Waals surface area contributed by atoms with Crippen LogP contribution in [-0.4, -0.2) is 15.1 Å². The van der Waals surface area contributed by atoms with Crippen molar-refractivity contribution in [1.82, 2.24) is 9.97 Å². The maximum atomic E-state index is 9.39. The van der Waals surface area contributed by atoms with E-state index in [1.165, 1.54) is 32.1 Å². The molecule has 0 bridgehead atoms. The fourth-order valence-corrected chi connectivity index (χ4v) is 2.50. The van der Waals surface area contributed by atoms with Gasteiger partial charge in [-0.25, -0.2) is 0 Å². The van der Waals surface area contributed by atoms with Crippen LogP contribution in [0.25, 0.3) is 0 Å². The summed E-state index contributed by atoms with van der Waals surface area (Å²) < 4.78 is 0. The predicted molar refractivity (Wildman–Crippen MR) is 79.1 cm³/mol. The van der Waals surface area contributed by atoms with E-state index >= 15 is 0 Å². The van der Waals surface area contributed by atoms with Gasteiger partial charge in [-0.3, -0.25) is 9.97 Å². The zero-order chi connectivity index (χ0) is 14.1. The minimum Gasteiger partial charge on any atom is -0.390 e. The molecule has 1 atom stereocenters. The van der Waals surface area contributed by atoms with Gasteiger partial charge in [0.2, 0.25) is 0 Å². The summed E-state index contributed by atoms with van der Waals surface area (Å²) in [4.78, 5) is 8.92. The topological polar surface area (TPSA) is 46.0 Å². The first-order valence-electron chi connectivity index (χ1n) is 7.66. The quantitative estimate of drug-likeness (QED) is 0.682. The lowest BCUT2D eigenvalue weighted by atomic mass is 9.93. The fraction of sp³-hybridized carbons (Fsp3) is 0.750. The molecule has 0 aromatic carbocycles. The van der Waals surface area contributed by atoms with Gasteiger partial charge in [-0.1, -0.05) is 46.0 Å². The van der Waals surface area contributed by atoms with E-state index in [4.69, 9.17) is 0 Å². The van der Waals surface area contributed by atoms with Crippen LogP contribution in [0.1, 0.15) is 81.8 Å². The van der Waals surface area contributed by atoms with Crippen molar-refractivity contribution in [2.24, 2.45) is 0 Å². The molecule has 0 aliphatic carbocycles. The molecule has 19 heavy (non-hydrogen) atoms. The molecule has 1 aromatic heterocycles. The third-order valence-corrected chi connectivity index (χ3v) is 3.69. The van der Waals surface area contributed by atoms with E-state index in [1.807, 2.05) is 6.92 Å². The van der Waals surface area contributed by atoms with Crippen molar-refractivity contribution in [3.63, 3.8) is 0 Å². The van der Waals surface area contributed by atoms with E-state index in [0.717, 1.165) is 29.9 Å². The van der Waals surface area contributed by atoms with Crippen LogP contribution in [0.4, 0.5) is 0 Å². The highest BCUT2D eigenvalue weighted by Crippen LogP contribution is 2.26. The Balaban J connectivity index is 2.60. The van der Waals surface area contributed by atoms with Crippen molar-refractivity contribution < 1.29 is 5.11 Å². The Bertz CT molecular complexity index is 366. The molecule has 0 aliphatic heterocycles. The van der Waals surface area contributed by atoms with Crippen molar-refractivity contribution in [2.45, 2.75) is 78.2 Å². The van der Waals surface area contributed by atoms with Crippen LogP contribution < -0.4 is 0 Å². The molecule has 0 aliphatic rings. The van der Waals surface area contributed by atoms with Gasteiger partial charge in [0, 0.05) is 12.1 Å². The molecule has 1 unspecified atom stereocenters. The van der Waals surface area contributed by atoms with Crippen LogP contribution in [0, 0.1) is 6.92 Å². The number of hydrogen-bond acceptors (Lipinski definition) is 3. The van der Waals surface area contributed by atoms with E-state index in [2.05, 4.69) is 23.8 Å². The Kier molecular flexibility index (Phi) is 7.65. The second kappa shape index (κ2) is 9.03. The van der Waals surface area contributed by atoms with Gasteiger partial charge in [0.1, 0.15) is 0 Å². The molecule has 0 amide bonds. The van der Waals surface area contributed by atoms with Crippen LogP contribution in [0.15, 0.2) is 6.20 Å². The van der Waals surface area contributed by atoms with Gasteiger partial charge in [0.05, 0.1) is 23.7 Å². The Morgan fingerprint density at radius 3 is 2.53 bits per heavy atom. The van der Waals surface area contributed by atoms with Crippen LogP contribution in [0.2, 0.25) is 0 Å². The number of hydrogen-bond donors (Lipinski definition) is 1. The minimum absolute atomic E-state index is 0.00501. The zero-order valence-corrected chi connectivity index (χ0v) is 12.7. The van der Waals surface area contributed by atoms with E-state index in [-0.39, 0.29) is 6.61 Å². The number of aryl methyl sites for hydroxylation is 1. The molecule has 1 rings (SSSR count). The molecule has 3 heteroatoms. The summed E-state index contributed by atoms with van der Waals surface area (Å²) >= 11 is 0. The average molecular weight is 264 g/mol. The van der Waals surface area contributed by atoms with Gasteiger partial charge < -0.3 is 5.11 Å². The van der Waals surface area contributed by atoms with Gasteiger partial charge in [0.25, 0.3) is 0 Å². The third-order valence-electron chi connectivity index (χ3n) is 3.69. The van der Waals surface area contributed by atoms with Crippen LogP contribution in [-0.2, 0) is 6.61 Å². The molecule has 0 fully saturated rings. The van der Waals surface area contributed by atoms with Gasteiger partial charge in [-0.2, -0.15) is 0 Å². The molecule has 1 aromatic rings. The molecule has 0 spiro atoms. The Morgan fingerprint density at radius 2 is 1.89 bits per heavy atom. The number of nitrogens with zero attached hydrogens (tertiary/aromatic N) is 2. The van der Waals surface area contributed by atoms with E-state index < -0.39 is 0 Å². The largest absolute Gasteiger partial charge is 0.390 e. The summed E-state index contributed by atoms with van der Waals surface area (Å²) in [5.41, 5.74) is 2.71. The Labute approximate surface area is 117 Å². The summed E-state index contributed by atoms with van der Waals surface area (Å²) in [6.07, 6.45) is 10.5. The number of unbranched alkanes of at least 4 members (excludes halogenated alkanes) is 4. The van der Waals surface area contributed by atoms with Crippen molar-refractivity contribution in [1.29, 1.82) is 0 Å². The van der Waals surface area contributed by atoms with Crippen LogP contribution in [0.3, 0.4) is 0 Å². The summed E-state index contributed by atoms with van der Waals surface area (Å²) in [5.74, 6) is 0.441. The second-order valence-electron chi connectivity index (χ2n) is 5.31. The highest BCUT2D eigenvalue weighted by Gasteiger charge is 2.16. The third kappa shape index (κ3) is 5.27. The lowest BCUT2D eigenvalue weighted by Crippen LogP contribution is -2.08. The number of aliphatic hydroxyl groups excluding tert-OH is 1. The first kappa shape index (κ1) is 16.1. The zero-order valence-electron chi connectivity index (χ0n) is 12.7. The predicted octanol–water partition coefficient (Wildman–Crippen LogP) is 4.13. The highest BCUT2D eigenvalue weighted by atomic mass is 16.3. The van der Waals surface area contributed by atoms with E-state index in [9.17, 15) is 5.11 Å². The van der Waals surface area contributed by atoms with Crippen molar-refractivity contribution in [2.75, 3.05) is 0 Å². The highest BCUT2D eigenvalue weighted by molar-refractivity contribution is 5.17. The van der Waals surface area contributed by atoms with Gasteiger partial charge in [-0.05, 0) is 19.8 Å². The number of rotatable bonds is 9. The lowest BCUT2D eigenvalue weighted by Gasteiger charge is -2.17. The first-order valence-corrected chi connectivity index (χ1v) is 7.66. The monoisotopic (exact) mass is 264 g/mol. The summed E-state index contributed by atoms with van der Waals surface area (Å²) in [6, 6.07) is 0. The van der Waals surface area contributed by atoms with Crippen LogP contribution >= 0.6 is 0 Å². The molecule has 3 nitrogen and oxygen atoms in total. The molecule has 0 radical (unpaired) electrons. The van der Waals surface area contributed by atoms with Gasteiger partial charge in [0.15, 0.2) is 0 Å². The smallest absolute Gasteiger partial charge is 0.0876 e. The number of aliphatic hydroxyl groups is 1.